The van der Waals surface area contributed by atoms with E-state index in [2.05, 4.69) is 36.1 Å². The molecule has 0 aliphatic heterocycles. The van der Waals surface area contributed by atoms with E-state index in [-0.39, 0.29) is 0 Å². The van der Waals surface area contributed by atoms with E-state index >= 15 is 0 Å². The van der Waals surface area contributed by atoms with Crippen molar-refractivity contribution in [3.8, 4) is 36.1 Å². The lowest BCUT2D eigenvalue weighted by Crippen LogP contribution is -2.03. The molecule has 4 heteroatoms. The van der Waals surface area contributed by atoms with Crippen LogP contribution in [0.5, 0.6) is 0 Å². The highest BCUT2D eigenvalue weighted by Crippen LogP contribution is 2.39. The van der Waals surface area contributed by atoms with Gasteiger partial charge in [-0.15, -0.1) is 0 Å². The second kappa shape index (κ2) is 12.9. The van der Waals surface area contributed by atoms with Crippen molar-refractivity contribution in [2.75, 3.05) is 0 Å². The molecule has 0 aromatic rings. The van der Waals surface area contributed by atoms with Crippen LogP contribution in [0.2, 0.25) is 0 Å². The minimum Gasteiger partial charge on any atom is -0.354 e. The standard InChI is InChI=1S/C24H33O3P/c1-4-10-22(11-5-1)16-19-25-28(26-20-17-23-12-6-2-7-13-23)27-21-18-24-14-8-3-9-15-24/h22-24H,1-15H2. The topological polar surface area (TPSA) is 27.7 Å². The first-order valence-electron chi connectivity index (χ1n) is 11.2. The highest BCUT2D eigenvalue weighted by molar-refractivity contribution is 7.42. The Bertz CT molecular complexity index is 534. The summed E-state index contributed by atoms with van der Waals surface area (Å²) in [7, 11) is -1.66. The summed E-state index contributed by atoms with van der Waals surface area (Å²) in [5, 5.41) is 0. The molecule has 3 aliphatic carbocycles. The van der Waals surface area contributed by atoms with Gasteiger partial charge in [0.05, 0.1) is 0 Å². The van der Waals surface area contributed by atoms with Crippen molar-refractivity contribution < 1.29 is 13.6 Å². The molecule has 0 amide bonds. The second-order valence-corrected chi connectivity index (χ2v) is 9.24. The smallest absolute Gasteiger partial charge is 0.354 e. The van der Waals surface area contributed by atoms with E-state index in [1.54, 1.807) is 0 Å². The summed E-state index contributed by atoms with van der Waals surface area (Å²) >= 11 is 0. The quantitative estimate of drug-likeness (QED) is 0.381. The molecular formula is C24H33O3P. The molecule has 0 spiro atoms. The Morgan fingerprint density at radius 2 is 0.714 bits per heavy atom. The first-order chi connectivity index (χ1) is 13.9. The van der Waals surface area contributed by atoms with E-state index in [0.717, 1.165) is 0 Å². The molecular weight excluding hydrogens is 367 g/mol. The summed E-state index contributed by atoms with van der Waals surface area (Å²) in [5.74, 6) is 11.0. The molecule has 3 fully saturated rings. The summed E-state index contributed by atoms with van der Waals surface area (Å²) < 4.78 is 16.7. The first-order valence-corrected chi connectivity index (χ1v) is 12.3. The average Bonchev–Trinajstić information content (AvgIpc) is 2.76. The Labute approximate surface area is 172 Å². The van der Waals surface area contributed by atoms with E-state index in [0.29, 0.717) is 17.8 Å². The second-order valence-electron chi connectivity index (χ2n) is 8.24. The maximum atomic E-state index is 5.58. The number of hydrogen-bond donors (Lipinski definition) is 0. The van der Waals surface area contributed by atoms with Gasteiger partial charge < -0.3 is 13.6 Å². The number of rotatable bonds is 3. The minimum absolute atomic E-state index is 0.437. The van der Waals surface area contributed by atoms with Crippen LogP contribution in [-0.2, 0) is 13.6 Å². The molecule has 3 saturated carbocycles. The van der Waals surface area contributed by atoms with Crippen LogP contribution >= 0.6 is 8.60 Å². The van der Waals surface area contributed by atoms with Gasteiger partial charge in [0.25, 0.3) is 0 Å². The van der Waals surface area contributed by atoms with E-state index in [4.69, 9.17) is 13.6 Å². The van der Waals surface area contributed by atoms with Crippen molar-refractivity contribution >= 4 is 8.60 Å². The third kappa shape index (κ3) is 8.26. The molecule has 0 unspecified atom stereocenters. The number of hydrogen-bond acceptors (Lipinski definition) is 3. The molecule has 0 aromatic carbocycles. The van der Waals surface area contributed by atoms with Gasteiger partial charge in [-0.2, -0.15) is 0 Å². The predicted molar refractivity (Wildman–Crippen MR) is 113 cm³/mol. The Morgan fingerprint density at radius 3 is 1.00 bits per heavy atom. The van der Waals surface area contributed by atoms with Gasteiger partial charge in [0, 0.05) is 17.8 Å². The normalized spacial score (nSPS) is 21.3. The zero-order chi connectivity index (χ0) is 19.3. The molecule has 28 heavy (non-hydrogen) atoms. The first kappa shape index (κ1) is 21.2. The average molecular weight is 400 g/mol. The van der Waals surface area contributed by atoms with Crippen molar-refractivity contribution in [2.24, 2.45) is 17.8 Å². The molecule has 3 rings (SSSR count). The Balaban J connectivity index is 1.50. The van der Waals surface area contributed by atoms with Gasteiger partial charge in [-0.3, -0.25) is 0 Å². The fraction of sp³-hybridized carbons (Fsp3) is 0.750. The van der Waals surface area contributed by atoms with Crippen LogP contribution in [0.1, 0.15) is 96.3 Å². The maximum absolute atomic E-state index is 5.58. The van der Waals surface area contributed by atoms with Crippen molar-refractivity contribution in [3.63, 3.8) is 0 Å². The van der Waals surface area contributed by atoms with Crippen LogP contribution in [-0.4, -0.2) is 0 Å². The van der Waals surface area contributed by atoms with E-state index in [1.165, 1.54) is 96.3 Å². The molecule has 3 aliphatic rings. The van der Waals surface area contributed by atoms with E-state index in [9.17, 15) is 0 Å². The molecule has 0 bridgehead atoms. The maximum Gasteiger partial charge on any atom is 0.557 e. The van der Waals surface area contributed by atoms with Gasteiger partial charge in [0.1, 0.15) is 18.3 Å². The summed E-state index contributed by atoms with van der Waals surface area (Å²) in [6, 6.07) is 0. The van der Waals surface area contributed by atoms with Gasteiger partial charge in [-0.05, 0) is 38.5 Å². The summed E-state index contributed by atoms with van der Waals surface area (Å²) in [4.78, 5) is 0. The third-order valence-electron chi connectivity index (χ3n) is 5.97. The Hall–Kier alpha value is -1.49. The minimum atomic E-state index is -1.66. The fourth-order valence-corrected chi connectivity index (χ4v) is 4.73. The van der Waals surface area contributed by atoms with Gasteiger partial charge in [0.2, 0.25) is 0 Å². The molecule has 0 N–H and O–H groups in total. The van der Waals surface area contributed by atoms with E-state index in [1.807, 2.05) is 0 Å². The van der Waals surface area contributed by atoms with Crippen LogP contribution < -0.4 is 0 Å². The molecule has 0 radical (unpaired) electrons. The van der Waals surface area contributed by atoms with Gasteiger partial charge in [-0.25, -0.2) is 0 Å². The van der Waals surface area contributed by atoms with Crippen LogP contribution in [0.4, 0.5) is 0 Å². The fourth-order valence-electron chi connectivity index (χ4n) is 4.24. The third-order valence-corrected chi connectivity index (χ3v) is 6.69. The highest BCUT2D eigenvalue weighted by atomic mass is 31.2. The van der Waals surface area contributed by atoms with Crippen LogP contribution in [0.15, 0.2) is 0 Å². The van der Waals surface area contributed by atoms with Gasteiger partial charge in [0.15, 0.2) is 0 Å². The van der Waals surface area contributed by atoms with Crippen molar-refractivity contribution in [1.82, 2.24) is 0 Å². The summed E-state index contributed by atoms with van der Waals surface area (Å²) in [6.07, 6.45) is 27.0. The molecule has 0 atom stereocenters. The largest absolute Gasteiger partial charge is 0.557 e. The molecule has 0 aromatic heterocycles. The lowest BCUT2D eigenvalue weighted by atomic mass is 9.90. The molecule has 152 valence electrons. The Morgan fingerprint density at radius 1 is 0.429 bits per heavy atom. The SMILES string of the molecule is C(#CC1CCCCC1)OP(OC#CC1CCCCC1)OC#CC1CCCCC1. The van der Waals surface area contributed by atoms with Crippen LogP contribution in [0.25, 0.3) is 0 Å². The van der Waals surface area contributed by atoms with Crippen LogP contribution in [0.3, 0.4) is 0 Å². The zero-order valence-electron chi connectivity index (χ0n) is 17.0. The lowest BCUT2D eigenvalue weighted by Gasteiger charge is -2.16. The van der Waals surface area contributed by atoms with Gasteiger partial charge >= 0.3 is 8.60 Å². The van der Waals surface area contributed by atoms with Crippen molar-refractivity contribution in [3.05, 3.63) is 0 Å². The zero-order valence-corrected chi connectivity index (χ0v) is 17.9. The molecule has 0 heterocycles. The van der Waals surface area contributed by atoms with E-state index < -0.39 is 8.60 Å². The summed E-state index contributed by atoms with van der Waals surface area (Å²) in [6.45, 7) is 0. The molecule has 0 saturated heterocycles. The molecule has 3 nitrogen and oxygen atoms in total. The monoisotopic (exact) mass is 400 g/mol. The van der Waals surface area contributed by atoms with Crippen molar-refractivity contribution in [2.45, 2.75) is 96.3 Å². The summed E-state index contributed by atoms with van der Waals surface area (Å²) in [5.41, 5.74) is 0. The predicted octanol–water partition coefficient (Wildman–Crippen LogP) is 6.89. The Kier molecular flexibility index (Phi) is 9.75. The lowest BCUT2D eigenvalue weighted by molar-refractivity contribution is 0.335. The van der Waals surface area contributed by atoms with Gasteiger partial charge in [-0.1, -0.05) is 75.5 Å². The van der Waals surface area contributed by atoms with Crippen molar-refractivity contribution in [1.29, 1.82) is 0 Å². The van der Waals surface area contributed by atoms with Crippen LogP contribution in [0, 0.1) is 53.8 Å². The highest BCUT2D eigenvalue weighted by Gasteiger charge is 2.17.